The number of amides is 1. The number of hydrogen-bond donors (Lipinski definition) is 2. The molecule has 6 unspecified atom stereocenters. The number of oxime groups is 1. The van der Waals surface area contributed by atoms with Crippen LogP contribution < -0.4 is 18.9 Å². The fraction of sp³-hybridized carbons (Fsp3) is 0.400. The molecule has 6 atom stereocenters. The van der Waals surface area contributed by atoms with Gasteiger partial charge in [0.2, 0.25) is 12.6 Å². The normalized spacial score (nSPS) is 23.7. The zero-order chi connectivity index (χ0) is 43.1. The van der Waals surface area contributed by atoms with Crippen molar-refractivity contribution in [3.8, 4) is 28.7 Å². The van der Waals surface area contributed by atoms with E-state index in [1.54, 1.807) is 48.0 Å². The number of aliphatic hydroxyl groups is 2. The molecule has 2 N–H and O–H groups in total. The Balaban J connectivity index is 1.29. The lowest BCUT2D eigenvalue weighted by atomic mass is 9.55. The number of ether oxygens (including phenoxy) is 5. The van der Waals surface area contributed by atoms with Crippen molar-refractivity contribution in [3.05, 3.63) is 132 Å². The number of carbonyl (C=O) groups is 1. The third-order valence-electron chi connectivity index (χ3n) is 12.6. The van der Waals surface area contributed by atoms with E-state index in [1.165, 1.54) is 0 Å². The monoisotopic (exact) mass is 860 g/mol. The van der Waals surface area contributed by atoms with E-state index in [0.717, 1.165) is 58.7 Å². The van der Waals surface area contributed by atoms with Crippen molar-refractivity contribution in [2.45, 2.75) is 74.2 Å². The predicted molar refractivity (Wildman–Crippen MR) is 239 cm³/mol. The number of aliphatic hydroxyl groups excluding tert-OH is 2. The van der Waals surface area contributed by atoms with Gasteiger partial charge in [0, 0.05) is 48.6 Å². The van der Waals surface area contributed by atoms with Crippen LogP contribution in [0.3, 0.4) is 0 Å². The minimum Gasteiger partial charge on any atom is -0.459 e. The molecule has 1 saturated carbocycles. The van der Waals surface area contributed by atoms with E-state index in [9.17, 15) is 15.0 Å². The van der Waals surface area contributed by atoms with Gasteiger partial charge in [-0.25, -0.2) is 0 Å². The van der Waals surface area contributed by atoms with Crippen molar-refractivity contribution >= 4 is 23.4 Å². The Morgan fingerprint density at radius 3 is 2.42 bits per heavy atom. The van der Waals surface area contributed by atoms with Crippen molar-refractivity contribution in [1.29, 1.82) is 0 Å². The smallest absolute Gasteiger partial charge is 0.254 e. The molecule has 0 spiro atoms. The summed E-state index contributed by atoms with van der Waals surface area (Å²) in [5, 5.41) is 24.8. The molecule has 0 aromatic heterocycles. The van der Waals surface area contributed by atoms with Crippen LogP contribution in [-0.2, 0) is 16.2 Å². The Labute approximate surface area is 368 Å². The number of likely N-dealkylation sites (N-methyl/N-ethyl adjacent to an activating group) is 1. The van der Waals surface area contributed by atoms with Gasteiger partial charge in [0.05, 0.1) is 18.2 Å². The summed E-state index contributed by atoms with van der Waals surface area (Å²) in [6.45, 7) is 4.77. The Morgan fingerprint density at radius 2 is 1.66 bits per heavy atom. The predicted octanol–water partition coefficient (Wildman–Crippen LogP) is 9.54. The largest absolute Gasteiger partial charge is 0.459 e. The summed E-state index contributed by atoms with van der Waals surface area (Å²) in [4.78, 5) is 23.9. The van der Waals surface area contributed by atoms with E-state index >= 15 is 0 Å². The van der Waals surface area contributed by atoms with Crippen LogP contribution in [0.25, 0.3) is 0 Å². The van der Waals surface area contributed by atoms with Crippen LogP contribution in [0.5, 0.6) is 28.7 Å². The number of fused-ring (bicyclic) bond motifs is 3. The number of benzene rings is 4. The number of nitrogens with zero attached hydrogens (tertiary/aromatic N) is 2. The average Bonchev–Trinajstić information content (AvgIpc) is 3.78. The van der Waals surface area contributed by atoms with E-state index < -0.39 is 17.7 Å². The molecule has 62 heavy (non-hydrogen) atoms. The van der Waals surface area contributed by atoms with Gasteiger partial charge in [-0.05, 0) is 116 Å². The van der Waals surface area contributed by atoms with Crippen molar-refractivity contribution in [1.82, 2.24) is 4.90 Å². The number of thioether (sulfide) groups is 1. The Hall–Kier alpha value is -5.27. The van der Waals surface area contributed by atoms with Crippen molar-refractivity contribution in [2.24, 2.45) is 22.9 Å². The lowest BCUT2D eigenvalue weighted by Crippen LogP contribution is -2.69. The summed E-state index contributed by atoms with van der Waals surface area (Å²) in [5.41, 5.74) is 4.08. The molecule has 0 radical (unpaired) electrons. The van der Waals surface area contributed by atoms with Crippen LogP contribution >= 0.6 is 11.8 Å². The first-order valence-corrected chi connectivity index (χ1v) is 22.8. The summed E-state index contributed by atoms with van der Waals surface area (Å²) >= 11 is 1.68. The summed E-state index contributed by atoms with van der Waals surface area (Å²) in [5.74, 6) is 1.02. The number of allylic oxidation sites excluding steroid dienone is 1. The average molecular weight is 861 g/mol. The maximum atomic E-state index is 14.8. The molecule has 11 nitrogen and oxygen atoms in total. The fourth-order valence-electron chi connectivity index (χ4n) is 9.70. The molecular formula is C50H56N2O9S. The zero-order valence-corrected chi connectivity index (χ0v) is 36.3. The molecule has 12 heteroatoms. The van der Waals surface area contributed by atoms with Crippen LogP contribution in [0, 0.1) is 17.8 Å². The van der Waals surface area contributed by atoms with Gasteiger partial charge in [-0.15, -0.1) is 18.3 Å². The lowest BCUT2D eigenvalue weighted by molar-refractivity contribution is -0.252. The van der Waals surface area contributed by atoms with Gasteiger partial charge in [-0.2, -0.15) is 0 Å². The number of unbranched alkanes of at least 4 members (excludes halogenated alkanes) is 2. The van der Waals surface area contributed by atoms with Gasteiger partial charge in [0.15, 0.2) is 11.5 Å². The number of hydrogen-bond acceptors (Lipinski definition) is 11. The summed E-state index contributed by atoms with van der Waals surface area (Å²) < 4.78 is 32.2. The van der Waals surface area contributed by atoms with E-state index in [-0.39, 0.29) is 63.3 Å². The molecule has 2 aliphatic carbocycles. The standard InChI is InChI=1S/C50H56N2O9S/c1-4-26-58-50-46(52(2)49(55)35-16-22-44-45(28-35)57-32-56-44)30-42(51-59-31-33-12-6-5-7-13-33)40-27-34(14-8-10-24-53)39(15-9-11-25-54)47(48(40)50)41-29-37(19-23-43(41)61-50)60-36-17-20-38(62-3)21-18-36/h4-7,12-13,16-23,27-29,34,39,46-48,53-54H,1,8-11,14-15,24-26,30-32H2,2-3H3. The molecule has 1 fully saturated rings. The Kier molecular flexibility index (Phi) is 13.9. The van der Waals surface area contributed by atoms with Gasteiger partial charge in [-0.1, -0.05) is 60.5 Å². The van der Waals surface area contributed by atoms with Gasteiger partial charge in [0.1, 0.15) is 29.9 Å². The third-order valence-corrected chi connectivity index (χ3v) is 13.3. The van der Waals surface area contributed by atoms with Gasteiger partial charge in [-0.3, -0.25) is 4.79 Å². The molecule has 8 rings (SSSR count). The topological polar surface area (TPSA) is 129 Å². The Bertz CT molecular complexity index is 2250. The van der Waals surface area contributed by atoms with E-state index in [1.807, 2.05) is 73.0 Å². The summed E-state index contributed by atoms with van der Waals surface area (Å²) in [7, 11) is 1.79. The SMILES string of the molecule is C=CCOC12Oc3ccc(Oc4ccc(SC)cc4)cc3C3C(CCCCO)C(CCCCO)C=C(C(=NOCc4ccccc4)CC1N(C)C(=O)c1ccc4c(c1)OCO4)C32. The Morgan fingerprint density at radius 1 is 0.919 bits per heavy atom. The molecule has 0 saturated heterocycles. The number of rotatable bonds is 19. The van der Waals surface area contributed by atoms with E-state index in [0.29, 0.717) is 41.4 Å². The van der Waals surface area contributed by atoms with Crippen molar-refractivity contribution in [2.75, 3.05) is 39.9 Å². The molecule has 4 aliphatic rings. The lowest BCUT2D eigenvalue weighted by Gasteiger charge is -2.59. The van der Waals surface area contributed by atoms with Crippen molar-refractivity contribution < 1.29 is 43.5 Å². The maximum absolute atomic E-state index is 14.8. The molecule has 2 aliphatic heterocycles. The van der Waals surface area contributed by atoms with Gasteiger partial charge >= 0.3 is 0 Å². The van der Waals surface area contributed by atoms with E-state index in [2.05, 4.69) is 18.7 Å². The highest BCUT2D eigenvalue weighted by molar-refractivity contribution is 7.98. The molecule has 1 amide bonds. The third kappa shape index (κ3) is 8.97. The van der Waals surface area contributed by atoms with Crippen LogP contribution in [0.4, 0.5) is 0 Å². The van der Waals surface area contributed by atoms with Gasteiger partial charge in [0.25, 0.3) is 5.91 Å². The van der Waals surface area contributed by atoms with Crippen LogP contribution in [0.1, 0.15) is 72.3 Å². The first kappa shape index (κ1) is 43.4. The molecular weight excluding hydrogens is 805 g/mol. The second-order valence-corrected chi connectivity index (χ2v) is 17.2. The summed E-state index contributed by atoms with van der Waals surface area (Å²) in [6.07, 6.45) is 11.0. The second-order valence-electron chi connectivity index (χ2n) is 16.3. The molecule has 0 bridgehead atoms. The van der Waals surface area contributed by atoms with Crippen LogP contribution in [0.2, 0.25) is 0 Å². The quantitative estimate of drug-likeness (QED) is 0.0407. The highest BCUT2D eigenvalue weighted by atomic mass is 32.2. The van der Waals surface area contributed by atoms with Crippen molar-refractivity contribution in [3.63, 3.8) is 0 Å². The highest BCUT2D eigenvalue weighted by Gasteiger charge is 2.65. The first-order valence-electron chi connectivity index (χ1n) is 21.6. The molecule has 4 aromatic rings. The first-order chi connectivity index (χ1) is 30.4. The van der Waals surface area contributed by atoms with Gasteiger partial charge < -0.3 is 43.6 Å². The second kappa shape index (κ2) is 19.8. The van der Waals surface area contributed by atoms with E-state index in [4.69, 9.17) is 33.7 Å². The fourth-order valence-corrected chi connectivity index (χ4v) is 10.1. The minimum absolute atomic E-state index is 0.0690. The van der Waals surface area contributed by atoms with Crippen LogP contribution in [-0.4, -0.2) is 78.5 Å². The maximum Gasteiger partial charge on any atom is 0.254 e. The highest BCUT2D eigenvalue weighted by Crippen LogP contribution is 2.62. The number of carbonyl (C=O) groups excluding carboxylic acids is 1. The van der Waals surface area contributed by atoms with Crippen LogP contribution in [0.15, 0.2) is 125 Å². The summed E-state index contributed by atoms with van der Waals surface area (Å²) in [6, 6.07) is 28.5. The molecule has 326 valence electrons. The molecule has 4 aromatic carbocycles. The molecule has 2 heterocycles. The minimum atomic E-state index is -1.39. The zero-order valence-electron chi connectivity index (χ0n) is 35.4.